The number of thioether (sulfide) groups is 1. The maximum Gasteiger partial charge on any atom is 0.205 e. The first kappa shape index (κ1) is 15.0. The van der Waals surface area contributed by atoms with Crippen LogP contribution in [0.15, 0.2) is 46.4 Å². The molecule has 0 aliphatic rings. The highest BCUT2D eigenvalue weighted by atomic mass is 35.5. The van der Waals surface area contributed by atoms with Gasteiger partial charge in [-0.15, -0.1) is 0 Å². The Kier molecular flexibility index (Phi) is 4.70. The van der Waals surface area contributed by atoms with Gasteiger partial charge in [-0.2, -0.15) is 0 Å². The number of aromatic nitrogens is 4. The highest BCUT2D eigenvalue weighted by Crippen LogP contribution is 2.25. The lowest BCUT2D eigenvalue weighted by Gasteiger charge is -1.99. The summed E-state index contributed by atoms with van der Waals surface area (Å²) in [4.78, 5) is 16.8. The van der Waals surface area contributed by atoms with E-state index >= 15 is 0 Å². The summed E-state index contributed by atoms with van der Waals surface area (Å²) in [7, 11) is 0. The second-order valence-corrected chi connectivity index (χ2v) is 5.83. The van der Waals surface area contributed by atoms with Gasteiger partial charge in [-0.05, 0) is 12.1 Å². The van der Waals surface area contributed by atoms with Crippen molar-refractivity contribution in [1.29, 1.82) is 0 Å². The smallest absolute Gasteiger partial charge is 0.205 e. The van der Waals surface area contributed by atoms with Gasteiger partial charge >= 0.3 is 0 Å². The maximum atomic E-state index is 5.98. The lowest BCUT2D eigenvalue weighted by molar-refractivity contribution is 0.529. The van der Waals surface area contributed by atoms with Crippen molar-refractivity contribution in [3.05, 3.63) is 53.5 Å². The number of hydrogen-bond acceptors (Lipinski definition) is 6. The highest BCUT2D eigenvalue weighted by Gasteiger charge is 2.08. The molecule has 0 atom stereocenters. The summed E-state index contributed by atoms with van der Waals surface area (Å²) >= 11 is 7.45. The topological polar surface area (TPSA) is 64.7 Å². The minimum atomic E-state index is 0.563. The summed E-state index contributed by atoms with van der Waals surface area (Å²) in [5.41, 5.74) is 0.907. The third-order valence-corrected chi connectivity index (χ3v) is 3.98. The number of benzene rings is 1. The predicted molar refractivity (Wildman–Crippen MR) is 85.7 cm³/mol. The van der Waals surface area contributed by atoms with Crippen LogP contribution in [0.25, 0.3) is 11.3 Å². The molecule has 112 valence electrons. The van der Waals surface area contributed by atoms with Crippen molar-refractivity contribution in [2.75, 3.05) is 0 Å². The van der Waals surface area contributed by atoms with Gasteiger partial charge in [0.15, 0.2) is 10.9 Å². The van der Waals surface area contributed by atoms with Gasteiger partial charge in [0.1, 0.15) is 12.2 Å². The Morgan fingerprint density at radius 2 is 2.14 bits per heavy atom. The van der Waals surface area contributed by atoms with E-state index in [0.717, 1.165) is 17.8 Å². The molecule has 0 saturated heterocycles. The molecular weight excluding hydrogens is 320 g/mol. The van der Waals surface area contributed by atoms with Gasteiger partial charge in [-0.3, -0.25) is 0 Å². The second-order valence-electron chi connectivity index (χ2n) is 4.46. The second kappa shape index (κ2) is 6.89. The molecule has 0 aliphatic heterocycles. The van der Waals surface area contributed by atoms with E-state index in [4.69, 9.17) is 16.0 Å². The van der Waals surface area contributed by atoms with Gasteiger partial charge in [0, 0.05) is 17.0 Å². The van der Waals surface area contributed by atoms with Crippen molar-refractivity contribution in [3.63, 3.8) is 0 Å². The number of halogens is 1. The lowest BCUT2D eigenvalue weighted by atomic mass is 10.2. The molecule has 2 heterocycles. The van der Waals surface area contributed by atoms with Gasteiger partial charge in [0.05, 0.1) is 11.9 Å². The van der Waals surface area contributed by atoms with E-state index in [1.54, 1.807) is 6.20 Å². The molecule has 5 nitrogen and oxygen atoms in total. The summed E-state index contributed by atoms with van der Waals surface area (Å²) in [5, 5.41) is 1.34. The number of nitrogens with zero attached hydrogens (tertiary/aromatic N) is 4. The molecule has 0 unspecified atom stereocenters. The van der Waals surface area contributed by atoms with Crippen LogP contribution < -0.4 is 0 Å². The molecule has 3 rings (SSSR count). The Morgan fingerprint density at radius 3 is 2.95 bits per heavy atom. The molecule has 0 radical (unpaired) electrons. The molecule has 3 aromatic rings. The van der Waals surface area contributed by atoms with E-state index in [2.05, 4.69) is 19.9 Å². The van der Waals surface area contributed by atoms with Gasteiger partial charge < -0.3 is 4.42 Å². The number of aryl methyl sites for hydroxylation is 1. The molecule has 2 aromatic heterocycles. The Hall–Kier alpha value is -1.92. The standard InChI is InChI=1S/C15H13ClN4OS/c1-2-13-18-9-19-15(20-13)22-8-14-17-7-12(21-14)10-4-3-5-11(16)6-10/h3-7,9H,2,8H2,1H3. The quantitative estimate of drug-likeness (QED) is 0.657. The van der Waals surface area contributed by atoms with Crippen LogP contribution in [-0.4, -0.2) is 19.9 Å². The molecular formula is C15H13ClN4OS. The molecule has 0 spiro atoms. The molecule has 0 bridgehead atoms. The minimum absolute atomic E-state index is 0.563. The van der Waals surface area contributed by atoms with Gasteiger partial charge in [0.2, 0.25) is 5.89 Å². The van der Waals surface area contributed by atoms with E-state index in [-0.39, 0.29) is 0 Å². The van der Waals surface area contributed by atoms with E-state index in [1.807, 2.05) is 31.2 Å². The van der Waals surface area contributed by atoms with Crippen molar-refractivity contribution in [1.82, 2.24) is 19.9 Å². The van der Waals surface area contributed by atoms with Gasteiger partial charge in [-0.1, -0.05) is 42.4 Å². The summed E-state index contributed by atoms with van der Waals surface area (Å²) in [6.07, 6.45) is 4.02. The van der Waals surface area contributed by atoms with Crippen molar-refractivity contribution >= 4 is 23.4 Å². The van der Waals surface area contributed by atoms with Crippen LogP contribution >= 0.6 is 23.4 Å². The summed E-state index contributed by atoms with van der Waals surface area (Å²) in [6.45, 7) is 2.01. The Labute approximate surface area is 137 Å². The minimum Gasteiger partial charge on any atom is -0.440 e. The van der Waals surface area contributed by atoms with E-state index in [1.165, 1.54) is 18.1 Å². The van der Waals surface area contributed by atoms with E-state index < -0.39 is 0 Å². The average molecular weight is 333 g/mol. The SMILES string of the molecule is CCc1ncnc(SCc2ncc(-c3cccc(Cl)c3)o2)n1. The molecule has 22 heavy (non-hydrogen) atoms. The fraction of sp³-hybridized carbons (Fsp3) is 0.200. The van der Waals surface area contributed by atoms with Crippen LogP contribution in [0.5, 0.6) is 0 Å². The van der Waals surface area contributed by atoms with Crippen molar-refractivity contribution in [2.24, 2.45) is 0 Å². The van der Waals surface area contributed by atoms with Crippen LogP contribution in [-0.2, 0) is 12.2 Å². The number of hydrogen-bond donors (Lipinski definition) is 0. The zero-order chi connectivity index (χ0) is 15.4. The van der Waals surface area contributed by atoms with Crippen LogP contribution in [0.3, 0.4) is 0 Å². The maximum absolute atomic E-state index is 5.98. The monoisotopic (exact) mass is 332 g/mol. The van der Waals surface area contributed by atoms with Crippen molar-refractivity contribution < 1.29 is 4.42 Å². The Balaban J connectivity index is 1.69. The normalized spacial score (nSPS) is 10.8. The van der Waals surface area contributed by atoms with Crippen molar-refractivity contribution in [2.45, 2.75) is 24.3 Å². The fourth-order valence-electron chi connectivity index (χ4n) is 1.83. The average Bonchev–Trinajstić information content (AvgIpc) is 3.02. The third-order valence-electron chi connectivity index (χ3n) is 2.90. The van der Waals surface area contributed by atoms with Crippen LogP contribution in [0.1, 0.15) is 18.6 Å². The first-order chi connectivity index (χ1) is 10.7. The number of rotatable bonds is 5. The zero-order valence-corrected chi connectivity index (χ0v) is 13.4. The predicted octanol–water partition coefficient (Wildman–Crippen LogP) is 4.03. The molecule has 0 aliphatic carbocycles. The summed E-state index contributed by atoms with van der Waals surface area (Å²) < 4.78 is 5.74. The highest BCUT2D eigenvalue weighted by molar-refractivity contribution is 7.98. The lowest BCUT2D eigenvalue weighted by Crippen LogP contribution is -1.96. The van der Waals surface area contributed by atoms with E-state index in [9.17, 15) is 0 Å². The third kappa shape index (κ3) is 3.64. The van der Waals surface area contributed by atoms with Gasteiger partial charge in [-0.25, -0.2) is 19.9 Å². The first-order valence-electron chi connectivity index (χ1n) is 6.76. The van der Waals surface area contributed by atoms with Crippen molar-refractivity contribution in [3.8, 4) is 11.3 Å². The first-order valence-corrected chi connectivity index (χ1v) is 8.12. The fourth-order valence-corrected chi connectivity index (χ4v) is 2.70. The van der Waals surface area contributed by atoms with E-state index in [0.29, 0.717) is 27.6 Å². The van der Waals surface area contributed by atoms with Crippen LogP contribution in [0.4, 0.5) is 0 Å². The molecule has 0 fully saturated rings. The van der Waals surface area contributed by atoms with Gasteiger partial charge in [0.25, 0.3) is 0 Å². The Morgan fingerprint density at radius 1 is 1.23 bits per heavy atom. The largest absolute Gasteiger partial charge is 0.440 e. The molecule has 0 saturated carbocycles. The molecule has 0 N–H and O–H groups in total. The number of oxazole rings is 1. The molecule has 7 heteroatoms. The van der Waals surface area contributed by atoms with Crippen LogP contribution in [0.2, 0.25) is 5.02 Å². The van der Waals surface area contributed by atoms with Crippen LogP contribution in [0, 0.1) is 0 Å². The molecule has 0 amide bonds. The summed E-state index contributed by atoms with van der Waals surface area (Å²) in [5.74, 6) is 2.67. The molecule has 1 aromatic carbocycles. The zero-order valence-electron chi connectivity index (χ0n) is 11.9. The summed E-state index contributed by atoms with van der Waals surface area (Å²) in [6, 6.07) is 7.48. The Bertz CT molecular complexity index is 777.